The molecular weight excluding hydrogens is 184 g/mol. The van der Waals surface area contributed by atoms with Crippen molar-refractivity contribution in [2.45, 2.75) is 32.2 Å². The first kappa shape index (κ1) is 10.5. The van der Waals surface area contributed by atoms with Crippen molar-refractivity contribution in [3.05, 3.63) is 29.8 Å². The summed E-state index contributed by atoms with van der Waals surface area (Å²) in [6, 6.07) is 8.25. The van der Waals surface area contributed by atoms with Gasteiger partial charge in [0.15, 0.2) is 0 Å². The van der Waals surface area contributed by atoms with E-state index in [1.165, 1.54) is 44.3 Å². The topological polar surface area (TPSA) is 29.3 Å². The summed E-state index contributed by atoms with van der Waals surface area (Å²) in [6.45, 7) is 3.55. The Morgan fingerprint density at radius 1 is 1.07 bits per heavy atom. The normalized spacial score (nSPS) is 18.7. The molecule has 1 aliphatic rings. The van der Waals surface area contributed by atoms with Crippen LogP contribution >= 0.6 is 0 Å². The van der Waals surface area contributed by atoms with Crippen molar-refractivity contribution in [2.24, 2.45) is 0 Å². The lowest BCUT2D eigenvalue weighted by Gasteiger charge is -2.19. The third kappa shape index (κ3) is 3.24. The number of nitrogens with zero attached hydrogens (tertiary/aromatic N) is 1. The van der Waals surface area contributed by atoms with Crippen LogP contribution in [0.5, 0.6) is 0 Å². The van der Waals surface area contributed by atoms with E-state index in [1.54, 1.807) is 0 Å². The third-order valence-corrected chi connectivity index (χ3v) is 3.06. The van der Waals surface area contributed by atoms with Crippen LogP contribution in [0.4, 0.5) is 5.69 Å². The molecule has 1 heterocycles. The molecule has 0 spiro atoms. The van der Waals surface area contributed by atoms with Crippen molar-refractivity contribution < 1.29 is 0 Å². The van der Waals surface area contributed by atoms with Gasteiger partial charge in [-0.2, -0.15) is 0 Å². The van der Waals surface area contributed by atoms with E-state index in [-0.39, 0.29) is 0 Å². The average molecular weight is 204 g/mol. The Labute approximate surface area is 92.1 Å². The second-order valence-corrected chi connectivity index (χ2v) is 4.44. The Kier molecular flexibility index (Phi) is 3.62. The molecule has 1 aliphatic heterocycles. The monoisotopic (exact) mass is 204 g/mol. The fourth-order valence-electron chi connectivity index (χ4n) is 2.24. The molecule has 0 bridgehead atoms. The predicted octanol–water partition coefficient (Wildman–Crippen LogP) is 2.64. The molecule has 0 radical (unpaired) electrons. The summed E-state index contributed by atoms with van der Waals surface area (Å²) in [5.41, 5.74) is 8.00. The van der Waals surface area contributed by atoms with E-state index in [0.29, 0.717) is 0 Å². The maximum Gasteiger partial charge on any atom is 0.0317 e. The summed E-state index contributed by atoms with van der Waals surface area (Å²) in [5.74, 6) is 0. The molecule has 1 fully saturated rings. The van der Waals surface area contributed by atoms with Gasteiger partial charge in [0.2, 0.25) is 0 Å². The Balaban J connectivity index is 1.95. The highest BCUT2D eigenvalue weighted by Crippen LogP contribution is 2.14. The zero-order valence-corrected chi connectivity index (χ0v) is 9.28. The number of nitrogens with two attached hydrogens (primary N) is 1. The van der Waals surface area contributed by atoms with E-state index in [9.17, 15) is 0 Å². The van der Waals surface area contributed by atoms with Crippen LogP contribution in [0, 0.1) is 0 Å². The van der Waals surface area contributed by atoms with Gasteiger partial charge in [0, 0.05) is 12.2 Å². The molecule has 0 amide bonds. The van der Waals surface area contributed by atoms with Crippen LogP contribution in [0.2, 0.25) is 0 Å². The number of likely N-dealkylation sites (tertiary alicyclic amines) is 1. The third-order valence-electron chi connectivity index (χ3n) is 3.06. The smallest absolute Gasteiger partial charge is 0.0317 e. The first-order valence-electron chi connectivity index (χ1n) is 5.91. The Morgan fingerprint density at radius 2 is 1.80 bits per heavy atom. The van der Waals surface area contributed by atoms with Crippen LogP contribution in [0.25, 0.3) is 0 Å². The summed E-state index contributed by atoms with van der Waals surface area (Å²) in [7, 11) is 0. The summed E-state index contributed by atoms with van der Waals surface area (Å²) in [5, 5.41) is 0. The van der Waals surface area contributed by atoms with Gasteiger partial charge in [-0.25, -0.2) is 0 Å². The molecule has 2 N–H and O–H groups in total. The number of hydrogen-bond donors (Lipinski definition) is 1. The van der Waals surface area contributed by atoms with Crippen LogP contribution in [0.3, 0.4) is 0 Å². The second kappa shape index (κ2) is 5.17. The fraction of sp³-hybridized carbons (Fsp3) is 0.538. The molecule has 0 saturated carbocycles. The van der Waals surface area contributed by atoms with E-state index in [1.807, 2.05) is 12.1 Å². The Morgan fingerprint density at radius 3 is 2.47 bits per heavy atom. The van der Waals surface area contributed by atoms with E-state index < -0.39 is 0 Å². The van der Waals surface area contributed by atoms with E-state index >= 15 is 0 Å². The minimum absolute atomic E-state index is 0.877. The number of hydrogen-bond acceptors (Lipinski definition) is 2. The minimum Gasteiger partial charge on any atom is -0.399 e. The molecule has 15 heavy (non-hydrogen) atoms. The fourth-order valence-corrected chi connectivity index (χ4v) is 2.24. The molecule has 1 saturated heterocycles. The summed E-state index contributed by atoms with van der Waals surface area (Å²) >= 11 is 0. The van der Waals surface area contributed by atoms with Crippen LogP contribution in [0.15, 0.2) is 24.3 Å². The molecule has 0 aromatic heterocycles. The van der Waals surface area contributed by atoms with Crippen LogP contribution in [-0.2, 0) is 6.54 Å². The van der Waals surface area contributed by atoms with Crippen molar-refractivity contribution in [3.63, 3.8) is 0 Å². The van der Waals surface area contributed by atoms with Crippen molar-refractivity contribution in [1.29, 1.82) is 0 Å². The standard InChI is InChI=1S/C13H20N2/c14-13-7-5-6-12(10-13)11-15-8-3-1-2-4-9-15/h5-7,10H,1-4,8-9,11,14H2. The molecule has 0 unspecified atom stereocenters. The second-order valence-electron chi connectivity index (χ2n) is 4.44. The highest BCUT2D eigenvalue weighted by molar-refractivity contribution is 5.40. The predicted molar refractivity (Wildman–Crippen MR) is 64.6 cm³/mol. The van der Waals surface area contributed by atoms with Crippen LogP contribution in [0.1, 0.15) is 31.2 Å². The van der Waals surface area contributed by atoms with Crippen LogP contribution in [-0.4, -0.2) is 18.0 Å². The van der Waals surface area contributed by atoms with Gasteiger partial charge in [-0.3, -0.25) is 4.90 Å². The summed E-state index contributed by atoms with van der Waals surface area (Å²) in [6.07, 6.45) is 5.49. The largest absolute Gasteiger partial charge is 0.399 e. The number of nitrogen functional groups attached to an aromatic ring is 1. The van der Waals surface area contributed by atoms with Gasteiger partial charge < -0.3 is 5.73 Å². The molecule has 2 heteroatoms. The average Bonchev–Trinajstić information content (AvgIpc) is 2.46. The zero-order chi connectivity index (χ0) is 10.5. The highest BCUT2D eigenvalue weighted by atomic mass is 15.1. The molecule has 2 nitrogen and oxygen atoms in total. The molecule has 0 atom stereocenters. The lowest BCUT2D eigenvalue weighted by Crippen LogP contribution is -2.23. The van der Waals surface area contributed by atoms with Crippen molar-refractivity contribution >= 4 is 5.69 Å². The number of anilines is 1. The lowest BCUT2D eigenvalue weighted by atomic mass is 10.2. The van der Waals surface area contributed by atoms with Crippen molar-refractivity contribution in [3.8, 4) is 0 Å². The Bertz CT molecular complexity index is 301. The van der Waals surface area contributed by atoms with Gasteiger partial charge in [0.05, 0.1) is 0 Å². The SMILES string of the molecule is Nc1cccc(CN2CCCCCC2)c1. The maximum absolute atomic E-state index is 5.78. The molecule has 2 rings (SSSR count). The van der Waals surface area contributed by atoms with Gasteiger partial charge >= 0.3 is 0 Å². The number of benzene rings is 1. The van der Waals surface area contributed by atoms with E-state index in [0.717, 1.165) is 12.2 Å². The van der Waals surface area contributed by atoms with Crippen molar-refractivity contribution in [1.82, 2.24) is 4.90 Å². The minimum atomic E-state index is 0.877. The van der Waals surface area contributed by atoms with Gasteiger partial charge in [0.1, 0.15) is 0 Å². The van der Waals surface area contributed by atoms with Gasteiger partial charge in [-0.05, 0) is 43.6 Å². The first-order valence-corrected chi connectivity index (χ1v) is 5.91. The molecular formula is C13H20N2. The molecule has 1 aromatic rings. The first-order chi connectivity index (χ1) is 7.34. The molecule has 1 aromatic carbocycles. The lowest BCUT2D eigenvalue weighted by molar-refractivity contribution is 0.277. The molecule has 0 aliphatic carbocycles. The zero-order valence-electron chi connectivity index (χ0n) is 9.28. The van der Waals surface area contributed by atoms with Crippen LogP contribution < -0.4 is 5.73 Å². The maximum atomic E-state index is 5.78. The quantitative estimate of drug-likeness (QED) is 0.750. The van der Waals surface area contributed by atoms with E-state index in [4.69, 9.17) is 5.73 Å². The van der Waals surface area contributed by atoms with E-state index in [2.05, 4.69) is 17.0 Å². The summed E-state index contributed by atoms with van der Waals surface area (Å²) < 4.78 is 0. The highest BCUT2D eigenvalue weighted by Gasteiger charge is 2.08. The molecule has 82 valence electrons. The van der Waals surface area contributed by atoms with Gasteiger partial charge in [-0.15, -0.1) is 0 Å². The van der Waals surface area contributed by atoms with Gasteiger partial charge in [0.25, 0.3) is 0 Å². The Hall–Kier alpha value is -1.02. The van der Waals surface area contributed by atoms with Crippen molar-refractivity contribution in [2.75, 3.05) is 18.8 Å². The number of rotatable bonds is 2. The summed E-state index contributed by atoms with van der Waals surface area (Å²) in [4.78, 5) is 2.54. The van der Waals surface area contributed by atoms with Gasteiger partial charge in [-0.1, -0.05) is 25.0 Å².